The fourth-order valence-corrected chi connectivity index (χ4v) is 2.26. The van der Waals surface area contributed by atoms with Crippen molar-refractivity contribution in [2.75, 3.05) is 25.7 Å². The predicted octanol–water partition coefficient (Wildman–Crippen LogP) is 0.437. The first-order chi connectivity index (χ1) is 8.74. The number of nitrogens with one attached hydrogen (secondary N) is 1. The highest BCUT2D eigenvalue weighted by Crippen LogP contribution is 2.16. The number of rotatable bonds is 5. The molecule has 6 nitrogen and oxygen atoms in total. The van der Waals surface area contributed by atoms with E-state index in [0.29, 0.717) is 6.61 Å². The minimum absolute atomic E-state index is 0.0250. The molecule has 1 amide bonds. The van der Waals surface area contributed by atoms with Crippen LogP contribution in [0.2, 0.25) is 0 Å². The van der Waals surface area contributed by atoms with Crippen LogP contribution in [0.4, 0.5) is 5.69 Å². The van der Waals surface area contributed by atoms with Gasteiger partial charge in [0.25, 0.3) is 5.91 Å². The lowest BCUT2D eigenvalue weighted by atomic mass is 10.2. The van der Waals surface area contributed by atoms with Gasteiger partial charge in [-0.25, -0.2) is 8.42 Å². The van der Waals surface area contributed by atoms with Crippen molar-refractivity contribution in [1.82, 2.24) is 5.32 Å². The molecule has 0 heterocycles. The average molecular weight is 286 g/mol. The van der Waals surface area contributed by atoms with Gasteiger partial charge in [-0.2, -0.15) is 0 Å². The van der Waals surface area contributed by atoms with E-state index in [9.17, 15) is 13.2 Å². The summed E-state index contributed by atoms with van der Waals surface area (Å²) in [5.41, 5.74) is 6.05. The number of benzene rings is 1. The first-order valence-corrected chi connectivity index (χ1v) is 7.53. The number of methoxy groups -OCH3 is 1. The van der Waals surface area contributed by atoms with Crippen LogP contribution in [-0.4, -0.2) is 40.3 Å². The number of carbonyl (C=O) groups excluding carboxylic acids is 1. The quantitative estimate of drug-likeness (QED) is 0.765. The van der Waals surface area contributed by atoms with Crippen LogP contribution in [0, 0.1) is 0 Å². The van der Waals surface area contributed by atoms with Crippen molar-refractivity contribution in [3.8, 4) is 0 Å². The van der Waals surface area contributed by atoms with Crippen LogP contribution in [0.5, 0.6) is 0 Å². The molecule has 0 saturated carbocycles. The Morgan fingerprint density at radius 1 is 1.42 bits per heavy atom. The molecule has 0 spiro atoms. The Bertz CT molecular complexity index is 569. The maximum absolute atomic E-state index is 11.9. The molecule has 1 aromatic carbocycles. The molecule has 0 aliphatic carbocycles. The lowest BCUT2D eigenvalue weighted by Gasteiger charge is -2.13. The normalized spacial score (nSPS) is 13.0. The van der Waals surface area contributed by atoms with Crippen LogP contribution in [0.1, 0.15) is 17.3 Å². The molecule has 0 aromatic heterocycles. The molecular weight excluding hydrogens is 268 g/mol. The van der Waals surface area contributed by atoms with Crippen LogP contribution < -0.4 is 11.1 Å². The van der Waals surface area contributed by atoms with Crippen LogP contribution in [0.15, 0.2) is 23.1 Å². The molecule has 0 saturated heterocycles. The molecular formula is C12H18N2O4S. The van der Waals surface area contributed by atoms with Gasteiger partial charge in [-0.3, -0.25) is 4.79 Å². The smallest absolute Gasteiger partial charge is 0.251 e. The van der Waals surface area contributed by atoms with Gasteiger partial charge in [0.15, 0.2) is 9.84 Å². The molecule has 19 heavy (non-hydrogen) atoms. The first-order valence-electron chi connectivity index (χ1n) is 5.64. The van der Waals surface area contributed by atoms with Gasteiger partial charge in [0, 0.05) is 30.7 Å². The number of nitrogen functional groups attached to an aromatic ring is 1. The first kappa shape index (κ1) is 15.5. The van der Waals surface area contributed by atoms with Gasteiger partial charge in [0.2, 0.25) is 0 Å². The largest absolute Gasteiger partial charge is 0.399 e. The average Bonchev–Trinajstić information content (AvgIpc) is 2.27. The zero-order valence-corrected chi connectivity index (χ0v) is 12.0. The van der Waals surface area contributed by atoms with Crippen LogP contribution in [0.25, 0.3) is 0 Å². The van der Waals surface area contributed by atoms with Gasteiger partial charge >= 0.3 is 0 Å². The summed E-state index contributed by atoms with van der Waals surface area (Å²) in [5.74, 6) is -0.387. The van der Waals surface area contributed by atoms with Crippen molar-refractivity contribution in [2.24, 2.45) is 0 Å². The van der Waals surface area contributed by atoms with Crippen molar-refractivity contribution < 1.29 is 17.9 Å². The van der Waals surface area contributed by atoms with Gasteiger partial charge in [-0.05, 0) is 25.1 Å². The minimum atomic E-state index is -3.40. The number of ether oxygens (including phenoxy) is 1. The molecule has 0 radical (unpaired) electrons. The van der Waals surface area contributed by atoms with Crippen LogP contribution in [-0.2, 0) is 14.6 Å². The number of sulfone groups is 1. The lowest BCUT2D eigenvalue weighted by Crippen LogP contribution is -2.35. The third-order valence-electron chi connectivity index (χ3n) is 2.41. The Balaban J connectivity index is 3.01. The minimum Gasteiger partial charge on any atom is -0.399 e. The highest BCUT2D eigenvalue weighted by molar-refractivity contribution is 7.90. The van der Waals surface area contributed by atoms with E-state index in [1.165, 1.54) is 25.3 Å². The van der Waals surface area contributed by atoms with Crippen LogP contribution >= 0.6 is 0 Å². The zero-order valence-electron chi connectivity index (χ0n) is 11.1. The predicted molar refractivity (Wildman–Crippen MR) is 72.8 cm³/mol. The number of hydrogen-bond acceptors (Lipinski definition) is 5. The molecule has 0 fully saturated rings. The summed E-state index contributed by atoms with van der Waals surface area (Å²) in [6, 6.07) is 3.88. The molecule has 0 aliphatic heterocycles. The van der Waals surface area contributed by atoms with Crippen molar-refractivity contribution >= 4 is 21.4 Å². The molecule has 1 unspecified atom stereocenters. The Morgan fingerprint density at radius 2 is 2.05 bits per heavy atom. The number of nitrogens with two attached hydrogens (primary N) is 1. The zero-order chi connectivity index (χ0) is 14.6. The number of hydrogen-bond donors (Lipinski definition) is 2. The third-order valence-corrected chi connectivity index (χ3v) is 3.51. The summed E-state index contributed by atoms with van der Waals surface area (Å²) < 4.78 is 27.9. The second kappa shape index (κ2) is 6.03. The van der Waals surface area contributed by atoms with Gasteiger partial charge < -0.3 is 15.8 Å². The van der Waals surface area contributed by atoms with E-state index >= 15 is 0 Å². The monoisotopic (exact) mass is 286 g/mol. The maximum Gasteiger partial charge on any atom is 0.251 e. The number of anilines is 1. The topological polar surface area (TPSA) is 98.5 Å². The second-order valence-electron chi connectivity index (χ2n) is 4.39. The standard InChI is InChI=1S/C12H18N2O4S/c1-8(7-18-2)14-12(15)9-4-10(13)6-11(5-9)19(3,16)17/h4-6,8H,7,13H2,1-3H3,(H,14,15). The van der Waals surface area contributed by atoms with Gasteiger partial charge in [0.1, 0.15) is 0 Å². The molecule has 1 aromatic rings. The highest BCUT2D eigenvalue weighted by atomic mass is 32.2. The van der Waals surface area contributed by atoms with E-state index in [2.05, 4.69) is 5.32 Å². The van der Waals surface area contributed by atoms with E-state index < -0.39 is 9.84 Å². The van der Waals surface area contributed by atoms with Crippen molar-refractivity contribution in [1.29, 1.82) is 0 Å². The Morgan fingerprint density at radius 3 is 2.58 bits per heavy atom. The Hall–Kier alpha value is -1.60. The van der Waals surface area contributed by atoms with Crippen molar-refractivity contribution in [2.45, 2.75) is 17.9 Å². The third kappa shape index (κ3) is 4.53. The maximum atomic E-state index is 11.9. The van der Waals surface area contributed by atoms with Gasteiger partial charge in [0.05, 0.1) is 11.5 Å². The lowest BCUT2D eigenvalue weighted by molar-refractivity contribution is 0.0905. The summed E-state index contributed by atoms with van der Waals surface area (Å²) >= 11 is 0. The summed E-state index contributed by atoms with van der Waals surface area (Å²) in [6.45, 7) is 2.15. The SMILES string of the molecule is COCC(C)NC(=O)c1cc(N)cc(S(C)(=O)=O)c1. The molecule has 1 atom stereocenters. The van der Waals surface area contributed by atoms with Crippen molar-refractivity contribution in [3.05, 3.63) is 23.8 Å². The summed E-state index contributed by atoms with van der Waals surface area (Å²) in [4.78, 5) is 12.0. The summed E-state index contributed by atoms with van der Waals surface area (Å²) in [5, 5.41) is 2.69. The molecule has 106 valence electrons. The number of amides is 1. The van der Waals surface area contributed by atoms with Gasteiger partial charge in [-0.15, -0.1) is 0 Å². The van der Waals surface area contributed by atoms with E-state index in [1.54, 1.807) is 6.92 Å². The molecule has 0 bridgehead atoms. The van der Waals surface area contributed by atoms with Crippen molar-refractivity contribution in [3.63, 3.8) is 0 Å². The highest BCUT2D eigenvalue weighted by Gasteiger charge is 2.15. The Kier molecular flexibility index (Phi) is 4.90. The van der Waals surface area contributed by atoms with E-state index in [-0.39, 0.29) is 28.1 Å². The molecule has 7 heteroatoms. The molecule has 0 aliphatic rings. The molecule has 1 rings (SSSR count). The fourth-order valence-electron chi connectivity index (χ4n) is 1.57. The summed E-state index contributed by atoms with van der Waals surface area (Å²) in [7, 11) is -1.87. The second-order valence-corrected chi connectivity index (χ2v) is 6.41. The van der Waals surface area contributed by atoms with Crippen LogP contribution in [0.3, 0.4) is 0 Å². The molecule has 3 N–H and O–H groups in total. The van der Waals surface area contributed by atoms with E-state index in [1.807, 2.05) is 0 Å². The van der Waals surface area contributed by atoms with Gasteiger partial charge in [-0.1, -0.05) is 0 Å². The number of carbonyl (C=O) groups is 1. The Labute approximate surface area is 112 Å². The van der Waals surface area contributed by atoms with E-state index in [0.717, 1.165) is 6.26 Å². The fraction of sp³-hybridized carbons (Fsp3) is 0.417. The summed E-state index contributed by atoms with van der Waals surface area (Å²) in [6.07, 6.45) is 1.07. The van der Waals surface area contributed by atoms with E-state index in [4.69, 9.17) is 10.5 Å².